The van der Waals surface area contributed by atoms with Gasteiger partial charge in [0.05, 0.1) is 18.4 Å². The van der Waals surface area contributed by atoms with Gasteiger partial charge in [0, 0.05) is 12.6 Å². The third-order valence-electron chi connectivity index (χ3n) is 5.58. The number of benzene rings is 2. The number of aliphatic imine (C=N–C) groups is 1. The molecule has 0 fully saturated rings. The van der Waals surface area contributed by atoms with Crippen molar-refractivity contribution >= 4 is 23.2 Å². The molecular formula is C26H29N7O. The lowest BCUT2D eigenvalue weighted by Gasteiger charge is -2.11. The molecule has 0 saturated carbocycles. The predicted octanol–water partition coefficient (Wildman–Crippen LogP) is 4.15. The number of hydrogen-bond acceptors (Lipinski definition) is 5. The SMILES string of the molecule is C/C=C(\N=C/N(C)N)c1ccc(Cn2c(=O)[nH]c3cnc(-c4ccccc4C(C)C)nc32)cc1. The van der Waals surface area contributed by atoms with Gasteiger partial charge >= 0.3 is 5.69 Å². The normalized spacial score (nSPS) is 12.2. The van der Waals surface area contributed by atoms with Crippen molar-refractivity contribution in [3.63, 3.8) is 0 Å². The van der Waals surface area contributed by atoms with Gasteiger partial charge in [-0.1, -0.05) is 68.5 Å². The first-order chi connectivity index (χ1) is 16.4. The fraction of sp³-hybridized carbons (Fsp3) is 0.231. The minimum absolute atomic E-state index is 0.215. The summed E-state index contributed by atoms with van der Waals surface area (Å²) in [6, 6.07) is 16.1. The highest BCUT2D eigenvalue weighted by Gasteiger charge is 2.15. The number of aromatic nitrogens is 4. The number of hydrogen-bond donors (Lipinski definition) is 2. The molecule has 0 amide bonds. The number of nitrogens with two attached hydrogens (primary N) is 1. The van der Waals surface area contributed by atoms with Crippen LogP contribution in [0.2, 0.25) is 0 Å². The molecule has 0 aliphatic heterocycles. The first-order valence-corrected chi connectivity index (χ1v) is 11.2. The molecule has 0 bridgehead atoms. The molecule has 0 aliphatic carbocycles. The molecule has 174 valence electrons. The maximum absolute atomic E-state index is 12.7. The summed E-state index contributed by atoms with van der Waals surface area (Å²) >= 11 is 0. The van der Waals surface area contributed by atoms with E-state index in [2.05, 4.69) is 34.9 Å². The van der Waals surface area contributed by atoms with Crippen LogP contribution in [-0.4, -0.2) is 37.9 Å². The fourth-order valence-corrected chi connectivity index (χ4v) is 3.86. The van der Waals surface area contributed by atoms with Gasteiger partial charge in [-0.2, -0.15) is 0 Å². The Hall–Kier alpha value is -4.04. The monoisotopic (exact) mass is 455 g/mol. The Morgan fingerprint density at radius 2 is 1.94 bits per heavy atom. The third-order valence-corrected chi connectivity index (χ3v) is 5.58. The maximum atomic E-state index is 12.7. The van der Waals surface area contributed by atoms with Gasteiger partial charge in [-0.3, -0.25) is 4.57 Å². The van der Waals surface area contributed by atoms with Crippen molar-refractivity contribution < 1.29 is 0 Å². The smallest absolute Gasteiger partial charge is 0.304 e. The summed E-state index contributed by atoms with van der Waals surface area (Å²) in [7, 11) is 1.72. The van der Waals surface area contributed by atoms with Crippen molar-refractivity contribution in [2.75, 3.05) is 7.05 Å². The summed E-state index contributed by atoms with van der Waals surface area (Å²) < 4.78 is 1.64. The lowest BCUT2D eigenvalue weighted by atomic mass is 9.97. The number of nitrogens with one attached hydrogen (secondary N) is 1. The molecule has 4 rings (SSSR count). The Labute approximate surface area is 198 Å². The van der Waals surface area contributed by atoms with E-state index < -0.39 is 0 Å². The largest absolute Gasteiger partial charge is 0.328 e. The van der Waals surface area contributed by atoms with Crippen LogP contribution in [0.1, 0.15) is 43.4 Å². The summed E-state index contributed by atoms with van der Waals surface area (Å²) in [6.07, 6.45) is 5.16. The van der Waals surface area contributed by atoms with E-state index >= 15 is 0 Å². The highest BCUT2D eigenvalue weighted by molar-refractivity contribution is 5.74. The minimum atomic E-state index is -0.215. The van der Waals surface area contributed by atoms with E-state index in [0.717, 1.165) is 22.4 Å². The third kappa shape index (κ3) is 4.82. The Balaban J connectivity index is 1.67. The summed E-state index contributed by atoms with van der Waals surface area (Å²) in [5, 5.41) is 1.40. The molecule has 8 heteroatoms. The summed E-state index contributed by atoms with van der Waals surface area (Å²) in [5.74, 6) is 6.56. The molecular weight excluding hydrogens is 426 g/mol. The number of fused-ring (bicyclic) bond motifs is 1. The van der Waals surface area contributed by atoms with Crippen molar-refractivity contribution in [2.24, 2.45) is 10.8 Å². The van der Waals surface area contributed by atoms with E-state index in [1.807, 2.05) is 55.5 Å². The van der Waals surface area contributed by atoms with Crippen LogP contribution < -0.4 is 11.5 Å². The zero-order valence-electron chi connectivity index (χ0n) is 19.9. The van der Waals surface area contributed by atoms with Gasteiger partial charge in [0.1, 0.15) is 11.9 Å². The fourth-order valence-electron chi connectivity index (χ4n) is 3.86. The number of rotatable bonds is 7. The van der Waals surface area contributed by atoms with E-state index in [1.165, 1.54) is 10.6 Å². The number of allylic oxidation sites excluding steroid dienone is 1. The van der Waals surface area contributed by atoms with Crippen molar-refractivity contribution in [2.45, 2.75) is 33.2 Å². The minimum Gasteiger partial charge on any atom is -0.304 e. The second-order valence-corrected chi connectivity index (χ2v) is 8.47. The summed E-state index contributed by atoms with van der Waals surface area (Å²) in [5.41, 5.74) is 5.89. The van der Waals surface area contributed by atoms with E-state index in [-0.39, 0.29) is 5.69 Å². The van der Waals surface area contributed by atoms with Crippen LogP contribution in [0.25, 0.3) is 28.2 Å². The van der Waals surface area contributed by atoms with Gasteiger partial charge in [0.2, 0.25) is 0 Å². The second-order valence-electron chi connectivity index (χ2n) is 8.47. The van der Waals surface area contributed by atoms with Crippen molar-refractivity contribution in [3.8, 4) is 11.4 Å². The number of aromatic amines is 1. The van der Waals surface area contributed by atoms with Gasteiger partial charge in [-0.25, -0.2) is 25.6 Å². The Morgan fingerprint density at radius 3 is 2.62 bits per heavy atom. The quantitative estimate of drug-likeness (QED) is 0.188. The number of imidazole rings is 1. The Morgan fingerprint density at radius 1 is 1.21 bits per heavy atom. The van der Waals surface area contributed by atoms with Gasteiger partial charge in [-0.15, -0.1) is 0 Å². The van der Waals surface area contributed by atoms with E-state index in [9.17, 15) is 4.79 Å². The second kappa shape index (κ2) is 9.84. The zero-order valence-corrected chi connectivity index (χ0v) is 19.9. The number of H-pyrrole nitrogens is 1. The highest BCUT2D eigenvalue weighted by atomic mass is 16.1. The Kier molecular flexibility index (Phi) is 6.70. The molecule has 0 aliphatic rings. The van der Waals surface area contributed by atoms with Crippen LogP contribution in [0, 0.1) is 0 Å². The average Bonchev–Trinajstić information content (AvgIpc) is 3.14. The van der Waals surface area contributed by atoms with Gasteiger partial charge in [-0.05, 0) is 29.5 Å². The standard InChI is InChI=1S/C26H29N7O/c1-5-22(29-16-32(4)27)19-12-10-18(11-13-19)15-33-25-23(30-26(33)34)14-28-24(31-25)21-9-7-6-8-20(21)17(2)3/h5-14,16-17H,15,27H2,1-4H3,(H,30,34)/b22-5-,29-16-. The molecule has 0 atom stereocenters. The molecule has 3 N–H and O–H groups in total. The Bertz CT molecular complexity index is 1410. The van der Waals surface area contributed by atoms with E-state index in [0.29, 0.717) is 29.5 Å². The maximum Gasteiger partial charge on any atom is 0.328 e. The zero-order chi connectivity index (χ0) is 24.2. The first-order valence-electron chi connectivity index (χ1n) is 11.2. The molecule has 0 unspecified atom stereocenters. The molecule has 34 heavy (non-hydrogen) atoms. The van der Waals surface area contributed by atoms with Gasteiger partial charge < -0.3 is 9.99 Å². The molecule has 2 heterocycles. The van der Waals surface area contributed by atoms with Crippen LogP contribution in [0.4, 0.5) is 0 Å². The lowest BCUT2D eigenvalue weighted by Crippen LogP contribution is -2.23. The van der Waals surface area contributed by atoms with Crippen molar-refractivity contribution in [1.29, 1.82) is 0 Å². The first kappa shape index (κ1) is 23.1. The molecule has 2 aromatic carbocycles. The van der Waals surface area contributed by atoms with Crippen molar-refractivity contribution in [3.05, 3.63) is 88.0 Å². The number of nitrogens with zero attached hydrogens (tertiary/aromatic N) is 5. The van der Waals surface area contributed by atoms with Crippen LogP contribution in [0.15, 0.2) is 70.6 Å². The van der Waals surface area contributed by atoms with Crippen LogP contribution >= 0.6 is 0 Å². The molecule has 2 aromatic heterocycles. The molecule has 0 radical (unpaired) electrons. The van der Waals surface area contributed by atoms with Gasteiger partial charge in [0.25, 0.3) is 0 Å². The van der Waals surface area contributed by atoms with E-state index in [1.54, 1.807) is 24.2 Å². The van der Waals surface area contributed by atoms with E-state index in [4.69, 9.17) is 10.8 Å². The summed E-state index contributed by atoms with van der Waals surface area (Å²) in [4.78, 5) is 29.3. The van der Waals surface area contributed by atoms with Gasteiger partial charge in [0.15, 0.2) is 11.5 Å². The topological polar surface area (TPSA) is 105 Å². The molecule has 0 spiro atoms. The lowest BCUT2D eigenvalue weighted by molar-refractivity contribution is 0.556. The van der Waals surface area contributed by atoms with Crippen LogP contribution in [0.5, 0.6) is 0 Å². The highest BCUT2D eigenvalue weighted by Crippen LogP contribution is 2.27. The predicted molar refractivity (Wildman–Crippen MR) is 137 cm³/mol. The van der Waals surface area contributed by atoms with Crippen LogP contribution in [-0.2, 0) is 6.54 Å². The average molecular weight is 456 g/mol. The molecule has 8 nitrogen and oxygen atoms in total. The number of hydrazine groups is 1. The molecule has 0 saturated heterocycles. The molecule has 4 aromatic rings. The van der Waals surface area contributed by atoms with Crippen molar-refractivity contribution in [1.82, 2.24) is 24.5 Å². The van der Waals surface area contributed by atoms with Crippen LogP contribution in [0.3, 0.4) is 0 Å². The summed E-state index contributed by atoms with van der Waals surface area (Å²) in [6.45, 7) is 6.61.